The fourth-order valence-electron chi connectivity index (χ4n) is 3.18. The maximum atomic E-state index is 12.6. The van der Waals surface area contributed by atoms with E-state index in [1.54, 1.807) is 19.1 Å². The number of nitrogens with one attached hydrogen (secondary N) is 3. The second-order valence-corrected chi connectivity index (χ2v) is 6.46. The minimum atomic E-state index is -0.674. The maximum Gasteiger partial charge on any atom is 0.338 e. The molecule has 2 aromatic rings. The van der Waals surface area contributed by atoms with Gasteiger partial charge in [-0.1, -0.05) is 30.3 Å². The first-order valence-electron chi connectivity index (χ1n) is 8.94. The van der Waals surface area contributed by atoms with Crippen molar-refractivity contribution in [1.82, 2.24) is 10.6 Å². The van der Waals surface area contributed by atoms with Gasteiger partial charge in [-0.3, -0.25) is 0 Å². The van der Waals surface area contributed by atoms with Crippen LogP contribution < -0.4 is 15.5 Å². The van der Waals surface area contributed by atoms with E-state index in [9.17, 15) is 9.59 Å². The lowest BCUT2D eigenvalue weighted by Gasteiger charge is -2.28. The van der Waals surface area contributed by atoms with Gasteiger partial charge in [-0.05, 0) is 19.1 Å². The summed E-state index contributed by atoms with van der Waals surface area (Å²) >= 11 is 0. The number of amides is 2. The zero-order chi connectivity index (χ0) is 19.2. The molecule has 1 aliphatic rings. The normalized spacial score (nSPS) is 17.9. The van der Waals surface area contributed by atoms with Gasteiger partial charge < -0.3 is 24.7 Å². The highest BCUT2D eigenvalue weighted by atomic mass is 16.5. The number of quaternary nitrogens is 1. The summed E-state index contributed by atoms with van der Waals surface area (Å²) in [7, 11) is 2.01. The van der Waals surface area contributed by atoms with Gasteiger partial charge in [0.1, 0.15) is 24.9 Å². The Morgan fingerprint density at radius 2 is 1.96 bits per heavy atom. The van der Waals surface area contributed by atoms with Crippen LogP contribution in [0.15, 0.2) is 64.4 Å². The minimum Gasteiger partial charge on any atom is -0.467 e. The lowest BCUT2D eigenvalue weighted by molar-refractivity contribution is -0.889. The Morgan fingerprint density at radius 1 is 1.19 bits per heavy atom. The van der Waals surface area contributed by atoms with Crippen molar-refractivity contribution in [2.45, 2.75) is 19.5 Å². The molecule has 3 rings (SSSR count). The topological polar surface area (TPSA) is 85.0 Å². The number of hydrogen-bond acceptors (Lipinski definition) is 4. The van der Waals surface area contributed by atoms with Gasteiger partial charge in [-0.25, -0.2) is 9.59 Å². The summed E-state index contributed by atoms with van der Waals surface area (Å²) in [6.07, 6.45) is 1.51. The SMILES string of the molecule is CCOC(=O)C1=C(C[NH+](C)Cc2ccccc2)NC(=O)N[C@@H]1c1ccco1. The maximum absolute atomic E-state index is 12.6. The van der Waals surface area contributed by atoms with E-state index in [0.717, 1.165) is 11.4 Å². The molecule has 0 saturated carbocycles. The molecule has 7 nitrogen and oxygen atoms in total. The molecule has 0 spiro atoms. The Kier molecular flexibility index (Phi) is 5.93. The van der Waals surface area contributed by atoms with Crippen molar-refractivity contribution in [3.63, 3.8) is 0 Å². The number of carbonyl (C=O) groups excluding carboxylic acids is 2. The van der Waals surface area contributed by atoms with E-state index in [2.05, 4.69) is 22.8 Å². The Bertz CT molecular complexity index is 815. The number of carbonyl (C=O) groups is 2. The second-order valence-electron chi connectivity index (χ2n) is 6.46. The second kappa shape index (κ2) is 8.55. The molecule has 2 heterocycles. The van der Waals surface area contributed by atoms with Crippen molar-refractivity contribution >= 4 is 12.0 Å². The molecule has 0 aliphatic carbocycles. The van der Waals surface area contributed by atoms with Gasteiger partial charge in [-0.15, -0.1) is 0 Å². The summed E-state index contributed by atoms with van der Waals surface area (Å²) in [6.45, 7) is 3.23. The van der Waals surface area contributed by atoms with E-state index in [0.29, 0.717) is 23.6 Å². The molecule has 2 amide bonds. The number of rotatable bonds is 7. The van der Waals surface area contributed by atoms with E-state index < -0.39 is 12.0 Å². The first kappa shape index (κ1) is 18.7. The van der Waals surface area contributed by atoms with E-state index in [-0.39, 0.29) is 12.6 Å². The summed E-state index contributed by atoms with van der Waals surface area (Å²) in [5.74, 6) is 0.0278. The minimum absolute atomic E-state index is 0.251. The number of hydrogen-bond donors (Lipinski definition) is 3. The van der Waals surface area contributed by atoms with Crippen LogP contribution in [0.3, 0.4) is 0 Å². The Hall–Kier alpha value is -3.06. The largest absolute Gasteiger partial charge is 0.467 e. The third-order valence-corrected chi connectivity index (χ3v) is 4.30. The fourth-order valence-corrected chi connectivity index (χ4v) is 3.18. The third-order valence-electron chi connectivity index (χ3n) is 4.30. The lowest BCUT2D eigenvalue weighted by Crippen LogP contribution is -3.08. The summed E-state index contributed by atoms with van der Waals surface area (Å²) in [4.78, 5) is 25.9. The van der Waals surface area contributed by atoms with Crippen molar-refractivity contribution in [2.75, 3.05) is 20.2 Å². The smallest absolute Gasteiger partial charge is 0.338 e. The predicted octanol–water partition coefficient (Wildman–Crippen LogP) is 1.17. The van der Waals surface area contributed by atoms with Crippen molar-refractivity contribution in [3.8, 4) is 0 Å². The molecule has 1 unspecified atom stereocenters. The molecule has 0 bridgehead atoms. The van der Waals surface area contributed by atoms with Crippen LogP contribution >= 0.6 is 0 Å². The van der Waals surface area contributed by atoms with Gasteiger partial charge in [0.2, 0.25) is 0 Å². The van der Waals surface area contributed by atoms with Crippen LogP contribution in [0.5, 0.6) is 0 Å². The molecule has 1 aromatic heterocycles. The third kappa shape index (κ3) is 4.57. The number of furan rings is 1. The van der Waals surface area contributed by atoms with Gasteiger partial charge in [0.15, 0.2) is 0 Å². The van der Waals surface area contributed by atoms with Crippen LogP contribution in [0, 0.1) is 0 Å². The summed E-state index contributed by atoms with van der Waals surface area (Å²) in [5.41, 5.74) is 2.10. The van der Waals surface area contributed by atoms with Crippen molar-refractivity contribution in [1.29, 1.82) is 0 Å². The van der Waals surface area contributed by atoms with Crippen LogP contribution in [0.2, 0.25) is 0 Å². The lowest BCUT2D eigenvalue weighted by atomic mass is 10.00. The monoisotopic (exact) mass is 370 g/mol. The average molecular weight is 370 g/mol. The molecule has 0 saturated heterocycles. The van der Waals surface area contributed by atoms with Crippen molar-refractivity contribution in [2.24, 2.45) is 0 Å². The fraction of sp³-hybridized carbons (Fsp3) is 0.300. The molecule has 0 radical (unpaired) electrons. The molecule has 1 aliphatic heterocycles. The average Bonchev–Trinajstić information content (AvgIpc) is 3.16. The summed E-state index contributed by atoms with van der Waals surface area (Å²) in [6, 6.07) is 12.5. The van der Waals surface area contributed by atoms with Crippen LogP contribution in [0.4, 0.5) is 4.79 Å². The van der Waals surface area contributed by atoms with Gasteiger partial charge in [-0.2, -0.15) is 0 Å². The highest BCUT2D eigenvalue weighted by molar-refractivity contribution is 5.95. The molecule has 3 N–H and O–H groups in total. The Balaban J connectivity index is 1.89. The summed E-state index contributed by atoms with van der Waals surface area (Å²) in [5, 5.41) is 5.53. The number of likely N-dealkylation sites (N-methyl/N-ethyl adjacent to an activating group) is 1. The van der Waals surface area contributed by atoms with E-state index in [1.165, 1.54) is 11.8 Å². The Morgan fingerprint density at radius 3 is 2.63 bits per heavy atom. The summed E-state index contributed by atoms with van der Waals surface area (Å²) < 4.78 is 10.7. The number of ether oxygens (including phenoxy) is 1. The van der Waals surface area contributed by atoms with Crippen molar-refractivity contribution < 1.29 is 23.6 Å². The molecule has 0 fully saturated rings. The van der Waals surface area contributed by atoms with E-state index >= 15 is 0 Å². The molecule has 2 atom stereocenters. The molecular weight excluding hydrogens is 346 g/mol. The van der Waals surface area contributed by atoms with Crippen LogP contribution in [0.1, 0.15) is 24.3 Å². The highest BCUT2D eigenvalue weighted by Crippen LogP contribution is 2.27. The zero-order valence-electron chi connectivity index (χ0n) is 15.5. The molecule has 27 heavy (non-hydrogen) atoms. The first-order valence-corrected chi connectivity index (χ1v) is 8.94. The highest BCUT2D eigenvalue weighted by Gasteiger charge is 2.36. The predicted molar refractivity (Wildman–Crippen MR) is 98.7 cm³/mol. The van der Waals surface area contributed by atoms with Gasteiger partial charge in [0.25, 0.3) is 0 Å². The van der Waals surface area contributed by atoms with Crippen LogP contribution in [-0.2, 0) is 16.1 Å². The van der Waals surface area contributed by atoms with Crippen LogP contribution in [0.25, 0.3) is 0 Å². The molecule has 7 heteroatoms. The molecule has 1 aromatic carbocycles. The van der Waals surface area contributed by atoms with Crippen molar-refractivity contribution in [3.05, 3.63) is 71.3 Å². The van der Waals surface area contributed by atoms with E-state index in [4.69, 9.17) is 9.15 Å². The standard InChI is InChI=1S/C20H23N3O4/c1-3-26-19(24)17-15(13-23(2)12-14-8-5-4-6-9-14)21-20(25)22-18(17)16-10-7-11-27-16/h4-11,18H,3,12-13H2,1-2H3,(H2,21,22,25)/p+1/t18-/m1/s1. The number of urea groups is 1. The quantitative estimate of drug-likeness (QED) is 0.639. The molecular formula is C20H24N3O4+. The van der Waals surface area contributed by atoms with Crippen LogP contribution in [-0.4, -0.2) is 32.2 Å². The first-order chi connectivity index (χ1) is 13.1. The van der Waals surface area contributed by atoms with E-state index in [1.807, 2.05) is 25.2 Å². The Labute approximate surface area is 158 Å². The van der Waals surface area contributed by atoms with Gasteiger partial charge >= 0.3 is 12.0 Å². The number of esters is 1. The van der Waals surface area contributed by atoms with Gasteiger partial charge in [0, 0.05) is 5.56 Å². The molecule has 142 valence electrons. The zero-order valence-corrected chi connectivity index (χ0v) is 15.5. The number of benzene rings is 1. The van der Waals surface area contributed by atoms with Gasteiger partial charge in [0.05, 0.1) is 31.2 Å².